The maximum absolute atomic E-state index is 13.4. The average molecular weight is 406 g/mol. The Hall–Kier alpha value is -3.58. The fourth-order valence-electron chi connectivity index (χ4n) is 4.09. The standard InChI is InChI=1S/C23H18O7/c1-12-8-4-5-9-13(12)18-16(21(26)28-2)17(22(27)29-3)23(30-18)19(24)14-10-6-7-11-15(14)20(23)25/h4-11,18H,1-3H3/t18-/m0/s1. The first-order valence-electron chi connectivity index (χ1n) is 9.21. The first-order chi connectivity index (χ1) is 14.4. The Bertz CT molecular complexity index is 1110. The molecule has 0 radical (unpaired) electrons. The van der Waals surface area contributed by atoms with Crippen molar-refractivity contribution in [1.29, 1.82) is 0 Å². The van der Waals surface area contributed by atoms with E-state index in [2.05, 4.69) is 0 Å². The number of rotatable bonds is 3. The van der Waals surface area contributed by atoms with Crippen LogP contribution in [0.15, 0.2) is 59.7 Å². The van der Waals surface area contributed by atoms with Crippen LogP contribution in [0, 0.1) is 6.92 Å². The molecule has 0 N–H and O–H groups in total. The molecule has 0 unspecified atom stereocenters. The van der Waals surface area contributed by atoms with Crippen LogP contribution in [-0.2, 0) is 23.8 Å². The second-order valence-corrected chi connectivity index (χ2v) is 7.01. The Labute approximate surface area is 172 Å². The van der Waals surface area contributed by atoms with Crippen LogP contribution in [0.3, 0.4) is 0 Å². The molecule has 1 spiro atoms. The summed E-state index contributed by atoms with van der Waals surface area (Å²) in [7, 11) is 2.26. The van der Waals surface area contributed by atoms with E-state index in [1.807, 2.05) is 0 Å². The van der Waals surface area contributed by atoms with Gasteiger partial charge in [0.15, 0.2) is 0 Å². The number of hydrogen-bond donors (Lipinski definition) is 0. The fourth-order valence-corrected chi connectivity index (χ4v) is 4.09. The van der Waals surface area contributed by atoms with E-state index >= 15 is 0 Å². The van der Waals surface area contributed by atoms with Gasteiger partial charge in [-0.25, -0.2) is 9.59 Å². The van der Waals surface area contributed by atoms with Crippen LogP contribution in [-0.4, -0.2) is 43.3 Å². The molecule has 1 heterocycles. The first kappa shape index (κ1) is 19.7. The smallest absolute Gasteiger partial charge is 0.338 e. The lowest BCUT2D eigenvalue weighted by Gasteiger charge is -2.24. The third-order valence-electron chi connectivity index (χ3n) is 5.50. The molecule has 2 aromatic carbocycles. The number of methoxy groups -OCH3 is 2. The first-order valence-corrected chi connectivity index (χ1v) is 9.21. The maximum Gasteiger partial charge on any atom is 0.338 e. The van der Waals surface area contributed by atoms with Crippen molar-refractivity contribution in [2.45, 2.75) is 18.6 Å². The molecule has 0 amide bonds. The van der Waals surface area contributed by atoms with Crippen molar-refractivity contribution in [3.63, 3.8) is 0 Å². The molecule has 0 fully saturated rings. The Kier molecular flexibility index (Phi) is 4.63. The summed E-state index contributed by atoms with van der Waals surface area (Å²) in [6, 6.07) is 13.2. The zero-order chi connectivity index (χ0) is 21.6. The van der Waals surface area contributed by atoms with Crippen LogP contribution >= 0.6 is 0 Å². The van der Waals surface area contributed by atoms with Crippen LogP contribution in [0.1, 0.15) is 37.9 Å². The third-order valence-corrected chi connectivity index (χ3v) is 5.50. The van der Waals surface area contributed by atoms with E-state index in [-0.39, 0.29) is 16.7 Å². The van der Waals surface area contributed by atoms with Crippen LogP contribution in [0.2, 0.25) is 0 Å². The largest absolute Gasteiger partial charge is 0.466 e. The van der Waals surface area contributed by atoms with Crippen LogP contribution in [0.4, 0.5) is 0 Å². The van der Waals surface area contributed by atoms with E-state index in [9.17, 15) is 19.2 Å². The lowest BCUT2D eigenvalue weighted by Crippen LogP contribution is -2.46. The predicted molar refractivity (Wildman–Crippen MR) is 104 cm³/mol. The van der Waals surface area contributed by atoms with Gasteiger partial charge in [-0.2, -0.15) is 0 Å². The van der Waals surface area contributed by atoms with E-state index < -0.39 is 40.8 Å². The molecule has 7 heteroatoms. The average Bonchev–Trinajstić information content (AvgIpc) is 3.23. The molecule has 0 saturated heterocycles. The molecule has 0 bridgehead atoms. The van der Waals surface area contributed by atoms with Gasteiger partial charge in [-0.05, 0) is 18.1 Å². The van der Waals surface area contributed by atoms with Gasteiger partial charge in [0.2, 0.25) is 17.2 Å². The Balaban J connectivity index is 2.04. The molecule has 2 aromatic rings. The number of carbonyl (C=O) groups excluding carboxylic acids is 4. The summed E-state index contributed by atoms with van der Waals surface area (Å²) < 4.78 is 15.8. The number of aryl methyl sites for hydroxylation is 1. The number of esters is 2. The van der Waals surface area contributed by atoms with Crippen molar-refractivity contribution >= 4 is 23.5 Å². The Morgan fingerprint density at radius 1 is 0.867 bits per heavy atom. The number of ketones is 2. The van der Waals surface area contributed by atoms with Gasteiger partial charge in [0.1, 0.15) is 6.10 Å². The number of benzene rings is 2. The second-order valence-electron chi connectivity index (χ2n) is 7.01. The zero-order valence-corrected chi connectivity index (χ0v) is 16.6. The number of fused-ring (bicyclic) bond motifs is 1. The molecule has 0 aromatic heterocycles. The molecule has 1 aliphatic carbocycles. The molecule has 7 nitrogen and oxygen atoms in total. The minimum Gasteiger partial charge on any atom is -0.466 e. The summed E-state index contributed by atoms with van der Waals surface area (Å²) in [5, 5.41) is 0. The van der Waals surface area contributed by atoms with Gasteiger partial charge in [0, 0.05) is 11.1 Å². The van der Waals surface area contributed by atoms with Gasteiger partial charge in [-0.15, -0.1) is 0 Å². The summed E-state index contributed by atoms with van der Waals surface area (Å²) in [4.78, 5) is 52.5. The van der Waals surface area contributed by atoms with E-state index in [4.69, 9.17) is 14.2 Å². The van der Waals surface area contributed by atoms with Crippen molar-refractivity contribution in [3.05, 3.63) is 81.9 Å². The quantitative estimate of drug-likeness (QED) is 0.571. The predicted octanol–water partition coefficient (Wildman–Crippen LogP) is 2.53. The van der Waals surface area contributed by atoms with E-state index in [1.165, 1.54) is 12.1 Å². The molecule has 1 atom stereocenters. The summed E-state index contributed by atoms with van der Waals surface area (Å²) in [6.45, 7) is 1.80. The zero-order valence-electron chi connectivity index (χ0n) is 16.6. The highest BCUT2D eigenvalue weighted by Gasteiger charge is 2.66. The molecule has 0 saturated carbocycles. The fraction of sp³-hybridized carbons (Fsp3) is 0.217. The summed E-state index contributed by atoms with van der Waals surface area (Å²) >= 11 is 0. The van der Waals surface area contributed by atoms with Crippen molar-refractivity contribution in [3.8, 4) is 0 Å². The minimum atomic E-state index is -2.30. The van der Waals surface area contributed by atoms with E-state index in [1.54, 1.807) is 43.3 Å². The van der Waals surface area contributed by atoms with Crippen molar-refractivity contribution in [2.24, 2.45) is 0 Å². The van der Waals surface area contributed by atoms with Crippen molar-refractivity contribution < 1.29 is 33.4 Å². The van der Waals surface area contributed by atoms with Crippen LogP contribution < -0.4 is 0 Å². The molecule has 30 heavy (non-hydrogen) atoms. The Morgan fingerprint density at radius 2 is 1.40 bits per heavy atom. The topological polar surface area (TPSA) is 96.0 Å². The normalized spacial score (nSPS) is 19.2. The maximum atomic E-state index is 13.4. The Morgan fingerprint density at radius 3 is 1.93 bits per heavy atom. The summed E-state index contributed by atoms with van der Waals surface area (Å²) in [5.41, 5.74) is -1.41. The van der Waals surface area contributed by atoms with E-state index in [0.717, 1.165) is 19.8 Å². The number of Topliss-reactive ketones (excluding diaryl/α,β-unsaturated/α-hetero) is 2. The molecule has 152 valence electrons. The van der Waals surface area contributed by atoms with Gasteiger partial charge in [-0.3, -0.25) is 9.59 Å². The molecule has 4 rings (SSSR count). The van der Waals surface area contributed by atoms with Gasteiger partial charge in [0.25, 0.3) is 0 Å². The summed E-state index contributed by atoms with van der Waals surface area (Å²) in [5.74, 6) is -3.29. The summed E-state index contributed by atoms with van der Waals surface area (Å²) in [6.07, 6.45) is -1.16. The monoisotopic (exact) mass is 406 g/mol. The van der Waals surface area contributed by atoms with Gasteiger partial charge >= 0.3 is 11.9 Å². The van der Waals surface area contributed by atoms with Gasteiger partial charge in [0.05, 0.1) is 25.4 Å². The lowest BCUT2D eigenvalue weighted by molar-refractivity contribution is -0.139. The van der Waals surface area contributed by atoms with Crippen molar-refractivity contribution in [1.82, 2.24) is 0 Å². The lowest BCUT2D eigenvalue weighted by atomic mass is 9.85. The number of ether oxygens (including phenoxy) is 3. The molecule has 1 aliphatic heterocycles. The SMILES string of the molecule is COC(=O)C1=C(C(=O)OC)C2(O[C@H]1c1ccccc1C)C(=O)c1ccccc1C2=O. The minimum absolute atomic E-state index is 0.124. The van der Waals surface area contributed by atoms with Crippen LogP contribution in [0.5, 0.6) is 0 Å². The highest BCUT2D eigenvalue weighted by Crippen LogP contribution is 2.51. The third kappa shape index (κ3) is 2.48. The second kappa shape index (κ2) is 7.03. The van der Waals surface area contributed by atoms with E-state index in [0.29, 0.717) is 5.56 Å². The highest BCUT2D eigenvalue weighted by molar-refractivity contribution is 6.37. The highest BCUT2D eigenvalue weighted by atomic mass is 16.6. The van der Waals surface area contributed by atoms with Crippen molar-refractivity contribution in [2.75, 3.05) is 14.2 Å². The number of carbonyl (C=O) groups is 4. The van der Waals surface area contributed by atoms with Crippen LogP contribution in [0.25, 0.3) is 0 Å². The molecular formula is C23H18O7. The van der Waals surface area contributed by atoms with Gasteiger partial charge in [-0.1, -0.05) is 48.5 Å². The molecular weight excluding hydrogens is 388 g/mol. The number of hydrogen-bond acceptors (Lipinski definition) is 7. The molecule has 2 aliphatic rings. The van der Waals surface area contributed by atoms with Gasteiger partial charge < -0.3 is 14.2 Å².